The van der Waals surface area contributed by atoms with Gasteiger partial charge in [-0.25, -0.2) is 9.97 Å². The molecule has 1 aromatic heterocycles. The van der Waals surface area contributed by atoms with E-state index < -0.39 is 0 Å². The summed E-state index contributed by atoms with van der Waals surface area (Å²) >= 11 is 5.97. The predicted octanol–water partition coefficient (Wildman–Crippen LogP) is 4.97. The molecule has 132 valence electrons. The highest BCUT2D eigenvalue weighted by atomic mass is 35.5. The van der Waals surface area contributed by atoms with E-state index in [9.17, 15) is 0 Å². The molecule has 0 saturated heterocycles. The Labute approximate surface area is 159 Å². The van der Waals surface area contributed by atoms with Crippen molar-refractivity contribution < 1.29 is 0 Å². The molecule has 3 aromatic rings. The van der Waals surface area contributed by atoms with Gasteiger partial charge in [0.25, 0.3) is 0 Å². The summed E-state index contributed by atoms with van der Waals surface area (Å²) in [4.78, 5) is 11.9. The van der Waals surface area contributed by atoms with Crippen molar-refractivity contribution >= 4 is 11.6 Å². The molecular formula is C22H22ClN3. The Morgan fingerprint density at radius 1 is 1.08 bits per heavy atom. The molecular weight excluding hydrogens is 342 g/mol. The number of nitrogens with zero attached hydrogens (tertiary/aromatic N) is 3. The third kappa shape index (κ3) is 3.64. The van der Waals surface area contributed by atoms with Gasteiger partial charge in [0.2, 0.25) is 0 Å². The molecule has 0 bridgehead atoms. The zero-order valence-corrected chi connectivity index (χ0v) is 15.9. The van der Waals surface area contributed by atoms with Gasteiger partial charge in [-0.2, -0.15) is 0 Å². The molecule has 26 heavy (non-hydrogen) atoms. The van der Waals surface area contributed by atoms with E-state index in [1.54, 1.807) is 0 Å². The lowest BCUT2D eigenvalue weighted by molar-refractivity contribution is 0.242. The first kappa shape index (κ1) is 17.2. The number of aryl methyl sites for hydroxylation is 2. The van der Waals surface area contributed by atoms with Crippen molar-refractivity contribution in [2.45, 2.75) is 33.4 Å². The first-order chi connectivity index (χ1) is 12.6. The largest absolute Gasteiger partial charge is 0.294 e. The fourth-order valence-corrected chi connectivity index (χ4v) is 3.59. The molecule has 0 unspecified atom stereocenters. The summed E-state index contributed by atoms with van der Waals surface area (Å²) in [5.41, 5.74) is 7.50. The number of fused-ring (bicyclic) bond motifs is 1. The lowest BCUT2D eigenvalue weighted by Gasteiger charge is -2.28. The van der Waals surface area contributed by atoms with Crippen molar-refractivity contribution in [1.82, 2.24) is 14.9 Å². The van der Waals surface area contributed by atoms with Gasteiger partial charge in [-0.15, -0.1) is 0 Å². The lowest BCUT2D eigenvalue weighted by atomic mass is 10.0. The normalized spacial score (nSPS) is 14.3. The van der Waals surface area contributed by atoms with Gasteiger partial charge >= 0.3 is 0 Å². The van der Waals surface area contributed by atoms with Crippen LogP contribution in [-0.4, -0.2) is 21.4 Å². The molecule has 0 fully saturated rings. The van der Waals surface area contributed by atoms with Crippen molar-refractivity contribution in [3.05, 3.63) is 81.6 Å². The van der Waals surface area contributed by atoms with Crippen LogP contribution < -0.4 is 0 Å². The van der Waals surface area contributed by atoms with Gasteiger partial charge in [0.05, 0.1) is 5.69 Å². The fraction of sp³-hybridized carbons (Fsp3) is 0.273. The summed E-state index contributed by atoms with van der Waals surface area (Å²) in [5.74, 6) is 0.781. The number of hydrogen-bond acceptors (Lipinski definition) is 3. The van der Waals surface area contributed by atoms with Crippen molar-refractivity contribution in [1.29, 1.82) is 0 Å². The Hall–Kier alpha value is -2.23. The van der Waals surface area contributed by atoms with Crippen LogP contribution in [0.1, 0.15) is 27.9 Å². The molecule has 1 aliphatic heterocycles. The molecule has 4 rings (SSSR count). The van der Waals surface area contributed by atoms with E-state index in [0.717, 1.165) is 42.5 Å². The Bertz CT molecular complexity index is 935. The average Bonchev–Trinajstić information content (AvgIpc) is 2.65. The first-order valence-corrected chi connectivity index (χ1v) is 9.35. The molecule has 0 atom stereocenters. The standard InChI is InChI=1S/C22H22ClN3/c1-15-3-4-16(2)18(11-15)13-26-10-9-21-19(14-26)12-24-22(25-21)17-5-7-20(23)8-6-17/h3-8,11-12H,9-10,13-14H2,1-2H3. The molecule has 2 heterocycles. The highest BCUT2D eigenvalue weighted by molar-refractivity contribution is 6.30. The van der Waals surface area contributed by atoms with Crippen LogP contribution in [-0.2, 0) is 19.5 Å². The Kier molecular flexibility index (Phi) is 4.75. The lowest BCUT2D eigenvalue weighted by Crippen LogP contribution is -2.31. The molecule has 4 heteroatoms. The summed E-state index contributed by atoms with van der Waals surface area (Å²) in [7, 11) is 0. The third-order valence-corrected chi connectivity index (χ3v) is 5.27. The van der Waals surface area contributed by atoms with Crippen LogP contribution in [0.25, 0.3) is 11.4 Å². The maximum Gasteiger partial charge on any atom is 0.159 e. The highest BCUT2D eigenvalue weighted by Gasteiger charge is 2.19. The minimum atomic E-state index is 0.730. The monoisotopic (exact) mass is 363 g/mol. The molecule has 0 amide bonds. The van der Waals surface area contributed by atoms with E-state index in [4.69, 9.17) is 16.6 Å². The van der Waals surface area contributed by atoms with Gasteiger partial charge in [0.15, 0.2) is 5.82 Å². The average molecular weight is 364 g/mol. The second-order valence-electron chi connectivity index (χ2n) is 7.06. The number of aromatic nitrogens is 2. The van der Waals surface area contributed by atoms with Crippen LogP contribution in [0.5, 0.6) is 0 Å². The molecule has 0 radical (unpaired) electrons. The Morgan fingerprint density at radius 2 is 1.88 bits per heavy atom. The van der Waals surface area contributed by atoms with Crippen LogP contribution in [0.15, 0.2) is 48.7 Å². The molecule has 1 aliphatic rings. The second kappa shape index (κ2) is 7.18. The topological polar surface area (TPSA) is 29.0 Å². The van der Waals surface area contributed by atoms with Gasteiger partial charge in [-0.3, -0.25) is 4.90 Å². The summed E-state index contributed by atoms with van der Waals surface area (Å²) in [6, 6.07) is 14.4. The van der Waals surface area contributed by atoms with E-state index >= 15 is 0 Å². The molecule has 2 aromatic carbocycles. The molecule has 0 aliphatic carbocycles. The number of benzene rings is 2. The van der Waals surface area contributed by atoms with E-state index in [-0.39, 0.29) is 0 Å². The fourth-order valence-electron chi connectivity index (χ4n) is 3.46. The van der Waals surface area contributed by atoms with Gasteiger partial charge in [-0.1, -0.05) is 35.4 Å². The van der Waals surface area contributed by atoms with E-state index in [1.165, 1.54) is 27.9 Å². The Balaban J connectivity index is 1.52. The highest BCUT2D eigenvalue weighted by Crippen LogP contribution is 2.24. The smallest absolute Gasteiger partial charge is 0.159 e. The van der Waals surface area contributed by atoms with Crippen molar-refractivity contribution in [2.75, 3.05) is 6.54 Å². The van der Waals surface area contributed by atoms with Crippen molar-refractivity contribution in [3.63, 3.8) is 0 Å². The zero-order chi connectivity index (χ0) is 18.1. The maximum atomic E-state index is 5.97. The van der Waals surface area contributed by atoms with Crippen LogP contribution in [0.2, 0.25) is 5.02 Å². The van der Waals surface area contributed by atoms with Crippen LogP contribution in [0.3, 0.4) is 0 Å². The maximum absolute atomic E-state index is 5.97. The van der Waals surface area contributed by atoms with Gasteiger partial charge in [-0.05, 0) is 49.2 Å². The molecule has 0 N–H and O–H groups in total. The SMILES string of the molecule is Cc1ccc(C)c(CN2CCc3nc(-c4ccc(Cl)cc4)ncc3C2)c1. The minimum Gasteiger partial charge on any atom is -0.294 e. The van der Waals surface area contributed by atoms with Gasteiger partial charge in [0, 0.05) is 48.4 Å². The van der Waals surface area contributed by atoms with E-state index in [1.807, 2.05) is 30.5 Å². The third-order valence-electron chi connectivity index (χ3n) is 5.01. The second-order valence-corrected chi connectivity index (χ2v) is 7.50. The zero-order valence-electron chi connectivity index (χ0n) is 15.2. The summed E-state index contributed by atoms with van der Waals surface area (Å²) < 4.78 is 0. The summed E-state index contributed by atoms with van der Waals surface area (Å²) in [5, 5.41) is 0.730. The first-order valence-electron chi connectivity index (χ1n) is 8.98. The van der Waals surface area contributed by atoms with E-state index in [0.29, 0.717) is 0 Å². The van der Waals surface area contributed by atoms with Crippen molar-refractivity contribution in [2.24, 2.45) is 0 Å². The number of hydrogen-bond donors (Lipinski definition) is 0. The van der Waals surface area contributed by atoms with Gasteiger partial charge < -0.3 is 0 Å². The predicted molar refractivity (Wildman–Crippen MR) is 106 cm³/mol. The summed E-state index contributed by atoms with van der Waals surface area (Å²) in [6.45, 7) is 7.25. The Morgan fingerprint density at radius 3 is 2.69 bits per heavy atom. The molecule has 0 spiro atoms. The molecule has 3 nitrogen and oxygen atoms in total. The summed E-state index contributed by atoms with van der Waals surface area (Å²) in [6.07, 6.45) is 2.95. The van der Waals surface area contributed by atoms with E-state index in [2.05, 4.69) is 41.9 Å². The van der Waals surface area contributed by atoms with Gasteiger partial charge in [0.1, 0.15) is 0 Å². The van der Waals surface area contributed by atoms with Crippen LogP contribution in [0.4, 0.5) is 0 Å². The van der Waals surface area contributed by atoms with Crippen LogP contribution >= 0.6 is 11.6 Å². The quantitative estimate of drug-likeness (QED) is 0.657. The number of rotatable bonds is 3. The van der Waals surface area contributed by atoms with Crippen molar-refractivity contribution in [3.8, 4) is 11.4 Å². The minimum absolute atomic E-state index is 0.730. The number of halogens is 1. The van der Waals surface area contributed by atoms with Crippen LogP contribution in [0, 0.1) is 13.8 Å². The molecule has 0 saturated carbocycles.